The fraction of sp³-hybridized carbons (Fsp3) is 0.625. The molecule has 116 valence electrons. The molecule has 0 saturated heterocycles. The van der Waals surface area contributed by atoms with Crippen molar-refractivity contribution in [3.8, 4) is 5.75 Å². The highest BCUT2D eigenvalue weighted by Crippen LogP contribution is 2.39. The summed E-state index contributed by atoms with van der Waals surface area (Å²) in [5, 5.41) is 3.53. The van der Waals surface area contributed by atoms with Crippen molar-refractivity contribution in [3.05, 3.63) is 24.3 Å². The highest BCUT2D eigenvalue weighted by molar-refractivity contribution is 7.90. The molecule has 1 aromatic carbocycles. The Kier molecular flexibility index (Phi) is 3.97. The number of hydrogen-bond donors (Lipinski definition) is 1. The van der Waals surface area contributed by atoms with Gasteiger partial charge < -0.3 is 10.1 Å². The Bertz CT molecular complexity index is 604. The topological polar surface area (TPSA) is 55.4 Å². The molecular formula is C16H23NO3S. The van der Waals surface area contributed by atoms with Gasteiger partial charge in [-0.3, -0.25) is 0 Å². The maximum Gasteiger partial charge on any atom is 0.175 e. The molecule has 0 amide bonds. The monoisotopic (exact) mass is 309 g/mol. The smallest absolute Gasteiger partial charge is 0.175 e. The molecule has 0 bridgehead atoms. The van der Waals surface area contributed by atoms with Crippen molar-refractivity contribution in [2.24, 2.45) is 0 Å². The number of sulfone groups is 1. The van der Waals surface area contributed by atoms with Crippen LogP contribution in [0.2, 0.25) is 0 Å². The normalized spacial score (nSPS) is 20.8. The van der Waals surface area contributed by atoms with Gasteiger partial charge in [0.05, 0.1) is 4.90 Å². The fourth-order valence-corrected chi connectivity index (χ4v) is 3.44. The molecule has 0 radical (unpaired) electrons. The second-order valence-electron chi connectivity index (χ2n) is 6.36. The zero-order valence-electron chi connectivity index (χ0n) is 12.5. The molecule has 1 N–H and O–H groups in total. The maximum atomic E-state index is 11.6. The second kappa shape index (κ2) is 5.61. The van der Waals surface area contributed by atoms with Crippen LogP contribution in [-0.2, 0) is 9.84 Å². The summed E-state index contributed by atoms with van der Waals surface area (Å²) in [6.07, 6.45) is 8.12. The number of nitrogens with one attached hydrogen (secondary N) is 1. The Balaban J connectivity index is 1.65. The molecule has 4 nitrogen and oxygen atoms in total. The van der Waals surface area contributed by atoms with E-state index in [1.165, 1.54) is 25.5 Å². The summed E-state index contributed by atoms with van der Waals surface area (Å²) < 4.78 is 29.4. The Morgan fingerprint density at radius 3 is 2.67 bits per heavy atom. The number of ether oxygens (including phenoxy) is 1. The van der Waals surface area contributed by atoms with E-state index < -0.39 is 9.84 Å². The van der Waals surface area contributed by atoms with Gasteiger partial charge in [0.2, 0.25) is 0 Å². The first-order valence-electron chi connectivity index (χ1n) is 7.69. The van der Waals surface area contributed by atoms with Crippen LogP contribution in [0.4, 0.5) is 0 Å². The van der Waals surface area contributed by atoms with Crippen LogP contribution in [0.15, 0.2) is 29.2 Å². The highest BCUT2D eigenvalue weighted by Gasteiger charge is 2.39. The van der Waals surface area contributed by atoms with E-state index in [0.717, 1.165) is 31.8 Å². The zero-order valence-corrected chi connectivity index (χ0v) is 13.3. The standard InChI is InChI=1S/C16H23NO3S/c1-21(18,19)15-5-2-4-14(12-15)20-16(8-3-9-16)10-11-17-13-6-7-13/h2,4-5,12-13,17H,3,6-11H2,1H3. The van der Waals surface area contributed by atoms with E-state index in [4.69, 9.17) is 4.74 Å². The van der Waals surface area contributed by atoms with Gasteiger partial charge in [0.15, 0.2) is 9.84 Å². The van der Waals surface area contributed by atoms with Crippen LogP contribution in [0.1, 0.15) is 38.5 Å². The minimum atomic E-state index is -3.18. The molecule has 0 atom stereocenters. The van der Waals surface area contributed by atoms with Crippen molar-refractivity contribution in [2.45, 2.75) is 55.1 Å². The van der Waals surface area contributed by atoms with Gasteiger partial charge in [-0.25, -0.2) is 8.42 Å². The maximum absolute atomic E-state index is 11.6. The average molecular weight is 309 g/mol. The predicted molar refractivity (Wildman–Crippen MR) is 82.4 cm³/mol. The van der Waals surface area contributed by atoms with Gasteiger partial charge in [0.25, 0.3) is 0 Å². The number of benzene rings is 1. The molecule has 0 aliphatic heterocycles. The first-order valence-corrected chi connectivity index (χ1v) is 9.59. The summed E-state index contributed by atoms with van der Waals surface area (Å²) >= 11 is 0. The van der Waals surface area contributed by atoms with Crippen molar-refractivity contribution >= 4 is 9.84 Å². The molecule has 2 aliphatic rings. The van der Waals surface area contributed by atoms with Gasteiger partial charge in [-0.15, -0.1) is 0 Å². The molecule has 0 spiro atoms. The highest BCUT2D eigenvalue weighted by atomic mass is 32.2. The minimum absolute atomic E-state index is 0.0992. The molecule has 2 aliphatic carbocycles. The lowest BCUT2D eigenvalue weighted by Gasteiger charge is -2.42. The quantitative estimate of drug-likeness (QED) is 0.841. The van der Waals surface area contributed by atoms with Gasteiger partial charge >= 0.3 is 0 Å². The van der Waals surface area contributed by atoms with Crippen LogP contribution >= 0.6 is 0 Å². The van der Waals surface area contributed by atoms with Gasteiger partial charge in [0, 0.05) is 12.3 Å². The van der Waals surface area contributed by atoms with Crippen molar-refractivity contribution in [3.63, 3.8) is 0 Å². The lowest BCUT2D eigenvalue weighted by molar-refractivity contribution is -0.0144. The minimum Gasteiger partial charge on any atom is -0.487 e. The third-order valence-corrected chi connectivity index (χ3v) is 5.53. The summed E-state index contributed by atoms with van der Waals surface area (Å²) in [5.74, 6) is 0.670. The average Bonchev–Trinajstić information content (AvgIpc) is 3.19. The third-order valence-electron chi connectivity index (χ3n) is 4.42. The van der Waals surface area contributed by atoms with E-state index in [1.807, 2.05) is 6.07 Å². The van der Waals surface area contributed by atoms with E-state index in [9.17, 15) is 8.42 Å². The van der Waals surface area contributed by atoms with E-state index in [-0.39, 0.29) is 5.60 Å². The van der Waals surface area contributed by atoms with Crippen LogP contribution < -0.4 is 10.1 Å². The summed E-state index contributed by atoms with van der Waals surface area (Å²) in [4.78, 5) is 0.325. The largest absolute Gasteiger partial charge is 0.487 e. The summed E-state index contributed by atoms with van der Waals surface area (Å²) in [7, 11) is -3.18. The zero-order chi connectivity index (χ0) is 14.9. The van der Waals surface area contributed by atoms with Gasteiger partial charge in [-0.05, 0) is 63.3 Å². The van der Waals surface area contributed by atoms with Crippen LogP contribution in [0.3, 0.4) is 0 Å². The van der Waals surface area contributed by atoms with Crippen molar-refractivity contribution in [1.82, 2.24) is 5.32 Å². The second-order valence-corrected chi connectivity index (χ2v) is 8.38. The lowest BCUT2D eigenvalue weighted by atomic mass is 9.77. The molecule has 1 aromatic rings. The van der Waals surface area contributed by atoms with Crippen LogP contribution in [0.25, 0.3) is 0 Å². The first kappa shape index (κ1) is 14.9. The number of hydrogen-bond acceptors (Lipinski definition) is 4. The molecule has 5 heteroatoms. The van der Waals surface area contributed by atoms with Gasteiger partial charge in [-0.1, -0.05) is 6.07 Å². The summed E-state index contributed by atoms with van der Waals surface area (Å²) in [5.41, 5.74) is -0.0992. The first-order chi connectivity index (χ1) is 9.97. The lowest BCUT2D eigenvalue weighted by Crippen LogP contribution is -2.45. The third kappa shape index (κ3) is 3.77. The van der Waals surface area contributed by atoms with Gasteiger partial charge in [0.1, 0.15) is 11.4 Å². The molecule has 2 fully saturated rings. The van der Waals surface area contributed by atoms with Crippen molar-refractivity contribution < 1.29 is 13.2 Å². The molecular weight excluding hydrogens is 286 g/mol. The molecule has 21 heavy (non-hydrogen) atoms. The molecule has 0 aromatic heterocycles. The Labute approximate surface area is 126 Å². The molecule has 0 heterocycles. The summed E-state index contributed by atoms with van der Waals surface area (Å²) in [6.45, 7) is 0.983. The Morgan fingerprint density at radius 1 is 1.33 bits per heavy atom. The number of rotatable bonds is 7. The molecule has 3 rings (SSSR count). The van der Waals surface area contributed by atoms with Gasteiger partial charge in [-0.2, -0.15) is 0 Å². The van der Waals surface area contributed by atoms with E-state index in [0.29, 0.717) is 10.6 Å². The fourth-order valence-electron chi connectivity index (χ4n) is 2.78. The van der Waals surface area contributed by atoms with Crippen molar-refractivity contribution in [2.75, 3.05) is 12.8 Å². The van der Waals surface area contributed by atoms with Crippen LogP contribution in [0, 0.1) is 0 Å². The van der Waals surface area contributed by atoms with Crippen LogP contribution in [-0.4, -0.2) is 32.9 Å². The van der Waals surface area contributed by atoms with Crippen LogP contribution in [0.5, 0.6) is 5.75 Å². The van der Waals surface area contributed by atoms with Crippen molar-refractivity contribution in [1.29, 1.82) is 0 Å². The Morgan fingerprint density at radius 2 is 2.10 bits per heavy atom. The SMILES string of the molecule is CS(=O)(=O)c1cccc(OC2(CCNC3CC3)CCC2)c1. The summed E-state index contributed by atoms with van der Waals surface area (Å²) in [6, 6.07) is 7.58. The Hall–Kier alpha value is -1.07. The van der Waals surface area contributed by atoms with E-state index in [1.54, 1.807) is 18.2 Å². The molecule has 2 saturated carbocycles. The predicted octanol–water partition coefficient (Wildman–Crippen LogP) is 2.53. The van der Waals surface area contributed by atoms with E-state index >= 15 is 0 Å². The molecule has 0 unspecified atom stereocenters. The van der Waals surface area contributed by atoms with E-state index in [2.05, 4.69) is 5.32 Å².